The van der Waals surface area contributed by atoms with Crippen LogP contribution in [0.5, 0.6) is 0 Å². The SMILES string of the molecule is CC(C)(C)CC(O)CNCc1ccsc1. The molecule has 1 rings (SSSR count). The fourth-order valence-electron chi connectivity index (χ4n) is 1.56. The molecule has 0 saturated heterocycles. The molecule has 0 fully saturated rings. The van der Waals surface area contributed by atoms with Crippen LogP contribution in [0.1, 0.15) is 32.8 Å². The van der Waals surface area contributed by atoms with Crippen molar-refractivity contribution in [2.45, 2.75) is 39.8 Å². The maximum absolute atomic E-state index is 9.75. The molecule has 0 bridgehead atoms. The van der Waals surface area contributed by atoms with Crippen molar-refractivity contribution < 1.29 is 5.11 Å². The van der Waals surface area contributed by atoms with Gasteiger partial charge in [0.25, 0.3) is 0 Å². The Hall–Kier alpha value is -0.380. The van der Waals surface area contributed by atoms with E-state index in [0.29, 0.717) is 6.54 Å². The van der Waals surface area contributed by atoms with E-state index in [-0.39, 0.29) is 11.5 Å². The maximum Gasteiger partial charge on any atom is 0.0669 e. The van der Waals surface area contributed by atoms with Gasteiger partial charge in [-0.05, 0) is 34.2 Å². The van der Waals surface area contributed by atoms with Gasteiger partial charge in [-0.3, -0.25) is 0 Å². The minimum absolute atomic E-state index is 0.198. The summed E-state index contributed by atoms with van der Waals surface area (Å²) in [5.41, 5.74) is 1.49. The predicted molar refractivity (Wildman–Crippen MR) is 66.1 cm³/mol. The second-order valence-electron chi connectivity index (χ2n) is 5.18. The Labute approximate surface area is 96.3 Å². The molecular weight excluding hydrogens is 206 g/mol. The number of rotatable bonds is 5. The van der Waals surface area contributed by atoms with Gasteiger partial charge >= 0.3 is 0 Å². The molecule has 1 atom stereocenters. The van der Waals surface area contributed by atoms with Crippen LogP contribution in [0, 0.1) is 5.41 Å². The van der Waals surface area contributed by atoms with E-state index in [9.17, 15) is 5.11 Å². The van der Waals surface area contributed by atoms with Gasteiger partial charge in [0.05, 0.1) is 6.10 Å². The summed E-state index contributed by atoms with van der Waals surface area (Å²) in [4.78, 5) is 0. The Bertz CT molecular complexity index is 264. The number of nitrogens with one attached hydrogen (secondary N) is 1. The van der Waals surface area contributed by atoms with Gasteiger partial charge in [0, 0.05) is 13.1 Å². The second-order valence-corrected chi connectivity index (χ2v) is 5.96. The number of hydrogen-bond donors (Lipinski definition) is 2. The minimum atomic E-state index is -0.247. The summed E-state index contributed by atoms with van der Waals surface area (Å²) in [7, 11) is 0. The lowest BCUT2D eigenvalue weighted by atomic mass is 9.89. The lowest BCUT2D eigenvalue weighted by Gasteiger charge is -2.22. The first-order valence-corrected chi connectivity index (χ1v) is 6.31. The van der Waals surface area contributed by atoms with Gasteiger partial charge in [-0.25, -0.2) is 0 Å². The fourth-order valence-corrected chi connectivity index (χ4v) is 2.22. The van der Waals surface area contributed by atoms with E-state index in [2.05, 4.69) is 42.9 Å². The molecule has 1 unspecified atom stereocenters. The maximum atomic E-state index is 9.75. The van der Waals surface area contributed by atoms with Crippen LogP contribution in [0.4, 0.5) is 0 Å². The average Bonchev–Trinajstić information content (AvgIpc) is 2.53. The summed E-state index contributed by atoms with van der Waals surface area (Å²) in [6.45, 7) is 7.97. The zero-order chi connectivity index (χ0) is 11.3. The molecule has 0 saturated carbocycles. The van der Waals surface area contributed by atoms with Crippen LogP contribution >= 0.6 is 11.3 Å². The van der Waals surface area contributed by atoms with Crippen molar-refractivity contribution in [3.63, 3.8) is 0 Å². The summed E-state index contributed by atoms with van der Waals surface area (Å²) in [6, 6.07) is 2.10. The lowest BCUT2D eigenvalue weighted by Crippen LogP contribution is -2.29. The van der Waals surface area contributed by atoms with E-state index < -0.39 is 0 Å². The summed E-state index contributed by atoms with van der Waals surface area (Å²) in [5.74, 6) is 0. The van der Waals surface area contributed by atoms with Crippen molar-refractivity contribution in [1.82, 2.24) is 5.32 Å². The summed E-state index contributed by atoms with van der Waals surface area (Å²) >= 11 is 1.71. The summed E-state index contributed by atoms with van der Waals surface area (Å²) < 4.78 is 0. The molecule has 3 heteroatoms. The Morgan fingerprint density at radius 3 is 2.73 bits per heavy atom. The van der Waals surface area contributed by atoms with Gasteiger partial charge in [0.15, 0.2) is 0 Å². The van der Waals surface area contributed by atoms with Crippen molar-refractivity contribution in [2.75, 3.05) is 6.54 Å². The largest absolute Gasteiger partial charge is 0.392 e. The molecule has 0 aliphatic heterocycles. The van der Waals surface area contributed by atoms with Crippen LogP contribution in [-0.4, -0.2) is 17.8 Å². The highest BCUT2D eigenvalue weighted by Gasteiger charge is 2.15. The molecule has 15 heavy (non-hydrogen) atoms. The first-order valence-electron chi connectivity index (χ1n) is 5.37. The first-order chi connectivity index (χ1) is 6.97. The molecule has 0 aliphatic carbocycles. The Kier molecular flexibility index (Phi) is 4.77. The van der Waals surface area contributed by atoms with Gasteiger partial charge in [-0.15, -0.1) is 0 Å². The number of aliphatic hydroxyl groups is 1. The molecule has 1 heterocycles. The fraction of sp³-hybridized carbons (Fsp3) is 0.667. The van der Waals surface area contributed by atoms with E-state index in [1.54, 1.807) is 11.3 Å². The second kappa shape index (κ2) is 5.64. The van der Waals surface area contributed by atoms with Crippen LogP contribution in [0.3, 0.4) is 0 Å². The van der Waals surface area contributed by atoms with Crippen LogP contribution in [0.25, 0.3) is 0 Å². The monoisotopic (exact) mass is 227 g/mol. The zero-order valence-corrected chi connectivity index (χ0v) is 10.6. The number of hydrogen-bond acceptors (Lipinski definition) is 3. The number of thiophene rings is 1. The highest BCUT2D eigenvalue weighted by atomic mass is 32.1. The molecule has 0 radical (unpaired) electrons. The molecule has 0 aliphatic rings. The quantitative estimate of drug-likeness (QED) is 0.810. The summed E-state index contributed by atoms with van der Waals surface area (Å²) in [5, 5.41) is 17.2. The molecule has 0 amide bonds. The highest BCUT2D eigenvalue weighted by molar-refractivity contribution is 7.07. The smallest absolute Gasteiger partial charge is 0.0669 e. The normalized spacial score (nSPS) is 14.1. The van der Waals surface area contributed by atoms with Crippen LogP contribution in [0.15, 0.2) is 16.8 Å². The third-order valence-electron chi connectivity index (χ3n) is 2.14. The molecule has 0 aromatic carbocycles. The lowest BCUT2D eigenvalue weighted by molar-refractivity contribution is 0.119. The average molecular weight is 227 g/mol. The van der Waals surface area contributed by atoms with E-state index in [1.165, 1.54) is 5.56 Å². The number of aliphatic hydroxyl groups excluding tert-OH is 1. The highest BCUT2D eigenvalue weighted by Crippen LogP contribution is 2.20. The first kappa shape index (κ1) is 12.7. The Morgan fingerprint density at radius 2 is 2.20 bits per heavy atom. The van der Waals surface area contributed by atoms with E-state index in [1.807, 2.05) is 0 Å². The van der Waals surface area contributed by atoms with Gasteiger partial charge in [-0.2, -0.15) is 11.3 Å². The van der Waals surface area contributed by atoms with E-state index in [0.717, 1.165) is 13.0 Å². The Morgan fingerprint density at radius 1 is 1.47 bits per heavy atom. The Balaban J connectivity index is 2.15. The van der Waals surface area contributed by atoms with Crippen molar-refractivity contribution in [3.8, 4) is 0 Å². The topological polar surface area (TPSA) is 32.3 Å². The van der Waals surface area contributed by atoms with Crippen LogP contribution in [0.2, 0.25) is 0 Å². The van der Waals surface area contributed by atoms with Gasteiger partial charge in [0.2, 0.25) is 0 Å². The van der Waals surface area contributed by atoms with Crippen molar-refractivity contribution in [3.05, 3.63) is 22.4 Å². The molecule has 86 valence electrons. The van der Waals surface area contributed by atoms with Gasteiger partial charge in [0.1, 0.15) is 0 Å². The van der Waals surface area contributed by atoms with E-state index in [4.69, 9.17) is 0 Å². The van der Waals surface area contributed by atoms with Crippen LogP contribution in [-0.2, 0) is 6.54 Å². The zero-order valence-electron chi connectivity index (χ0n) is 9.79. The van der Waals surface area contributed by atoms with Crippen molar-refractivity contribution in [2.24, 2.45) is 5.41 Å². The summed E-state index contributed by atoms with van der Waals surface area (Å²) in [6.07, 6.45) is 0.590. The molecular formula is C12H21NOS. The molecule has 2 nitrogen and oxygen atoms in total. The minimum Gasteiger partial charge on any atom is -0.392 e. The third-order valence-corrected chi connectivity index (χ3v) is 2.87. The molecule has 1 aromatic heterocycles. The van der Waals surface area contributed by atoms with Gasteiger partial charge < -0.3 is 10.4 Å². The molecule has 0 spiro atoms. The predicted octanol–water partition coefficient (Wildman–Crippen LogP) is 2.63. The van der Waals surface area contributed by atoms with E-state index >= 15 is 0 Å². The van der Waals surface area contributed by atoms with Crippen LogP contribution < -0.4 is 5.32 Å². The molecule has 2 N–H and O–H groups in total. The third kappa shape index (κ3) is 5.92. The molecule has 1 aromatic rings. The van der Waals surface area contributed by atoms with Crippen molar-refractivity contribution in [1.29, 1.82) is 0 Å². The van der Waals surface area contributed by atoms with Crippen molar-refractivity contribution >= 4 is 11.3 Å². The standard InChI is InChI=1S/C12H21NOS/c1-12(2,3)6-11(14)8-13-7-10-4-5-15-9-10/h4-5,9,11,13-14H,6-8H2,1-3H3. The van der Waals surface area contributed by atoms with Gasteiger partial charge in [-0.1, -0.05) is 20.8 Å².